The van der Waals surface area contributed by atoms with E-state index in [9.17, 15) is 14.9 Å². The first-order chi connectivity index (χ1) is 15.0. The zero-order chi connectivity index (χ0) is 21.8. The third-order valence-corrected chi connectivity index (χ3v) is 6.24. The summed E-state index contributed by atoms with van der Waals surface area (Å²) in [6.07, 6.45) is 3.22. The normalized spacial score (nSPS) is 17.5. The summed E-state index contributed by atoms with van der Waals surface area (Å²) >= 11 is 0. The van der Waals surface area contributed by atoms with Crippen LogP contribution in [-0.2, 0) is 0 Å². The number of anilines is 3. The molecule has 0 saturated carbocycles. The lowest BCUT2D eigenvalue weighted by Crippen LogP contribution is -3.12. The molecule has 0 aliphatic carbocycles. The van der Waals surface area contributed by atoms with E-state index in [1.807, 2.05) is 29.2 Å². The van der Waals surface area contributed by atoms with Crippen molar-refractivity contribution >= 4 is 28.7 Å². The topological polar surface area (TPSA) is 83.2 Å². The third-order valence-electron chi connectivity index (χ3n) is 6.24. The Morgan fingerprint density at radius 2 is 1.65 bits per heavy atom. The van der Waals surface area contributed by atoms with Crippen molar-refractivity contribution in [3.8, 4) is 0 Å². The minimum absolute atomic E-state index is 0.0119. The quantitative estimate of drug-likeness (QED) is 0.568. The molecular weight excluding hydrogens is 394 g/mol. The van der Waals surface area contributed by atoms with E-state index in [1.54, 1.807) is 17.0 Å². The molecule has 0 bridgehead atoms. The van der Waals surface area contributed by atoms with E-state index >= 15 is 0 Å². The molecule has 2 aliphatic rings. The number of benzene rings is 2. The van der Waals surface area contributed by atoms with Gasteiger partial charge < -0.3 is 20.0 Å². The second-order valence-corrected chi connectivity index (χ2v) is 8.45. The van der Waals surface area contributed by atoms with E-state index in [1.165, 1.54) is 6.07 Å². The number of quaternary nitrogens is 1. The summed E-state index contributed by atoms with van der Waals surface area (Å²) in [4.78, 5) is 29.9. The summed E-state index contributed by atoms with van der Waals surface area (Å²) in [5.74, 6) is -0.343. The van der Waals surface area contributed by atoms with E-state index in [4.69, 9.17) is 0 Å². The lowest BCUT2D eigenvalue weighted by atomic mass is 10.1. The maximum absolute atomic E-state index is 12.7. The Morgan fingerprint density at radius 3 is 2.29 bits per heavy atom. The van der Waals surface area contributed by atoms with Crippen LogP contribution in [0.4, 0.5) is 22.7 Å². The summed E-state index contributed by atoms with van der Waals surface area (Å²) in [5, 5.41) is 14.5. The van der Waals surface area contributed by atoms with Crippen LogP contribution in [0.2, 0.25) is 0 Å². The van der Waals surface area contributed by atoms with Gasteiger partial charge in [0.1, 0.15) is 5.69 Å². The predicted octanol–water partition coefficient (Wildman–Crippen LogP) is 2.17. The highest BCUT2D eigenvalue weighted by molar-refractivity contribution is 6.05. The zero-order valence-corrected chi connectivity index (χ0v) is 18.0. The molecule has 2 aromatic carbocycles. The lowest BCUT2D eigenvalue weighted by Gasteiger charge is -2.31. The number of nitrogens with zero attached hydrogens (tertiary/aromatic N) is 3. The summed E-state index contributed by atoms with van der Waals surface area (Å²) in [5.41, 5.74) is 2.70. The first-order valence-corrected chi connectivity index (χ1v) is 11.0. The fourth-order valence-corrected chi connectivity index (χ4v) is 4.32. The molecule has 0 radical (unpaired) electrons. The van der Waals surface area contributed by atoms with Crippen LogP contribution in [0, 0.1) is 10.1 Å². The number of hydrogen-bond donors (Lipinski definition) is 2. The van der Waals surface area contributed by atoms with Crippen LogP contribution >= 0.6 is 0 Å². The fourth-order valence-electron chi connectivity index (χ4n) is 4.32. The molecule has 2 saturated heterocycles. The number of hydrogen-bond acceptors (Lipinski definition) is 5. The smallest absolute Gasteiger partial charge is 0.293 e. The highest BCUT2D eigenvalue weighted by Gasteiger charge is 2.23. The Bertz CT molecular complexity index is 933. The van der Waals surface area contributed by atoms with Crippen LogP contribution in [0.3, 0.4) is 0 Å². The van der Waals surface area contributed by atoms with Crippen LogP contribution < -0.4 is 20.0 Å². The number of piperidine rings is 1. The van der Waals surface area contributed by atoms with Crippen molar-refractivity contribution in [2.24, 2.45) is 0 Å². The number of carbonyl (C=O) groups excluding carboxylic acids is 1. The van der Waals surface area contributed by atoms with Gasteiger partial charge in [0.15, 0.2) is 0 Å². The molecule has 0 atom stereocenters. The summed E-state index contributed by atoms with van der Waals surface area (Å²) in [7, 11) is 2.21. The van der Waals surface area contributed by atoms with Crippen LogP contribution in [-0.4, -0.2) is 57.1 Å². The summed E-state index contributed by atoms with van der Waals surface area (Å²) in [6, 6.07) is 12.6. The van der Waals surface area contributed by atoms with Gasteiger partial charge in [0, 0.05) is 36.1 Å². The van der Waals surface area contributed by atoms with E-state index in [-0.39, 0.29) is 11.6 Å². The SMILES string of the molecule is C[NH+]1CCN(c2ccc(NC(=O)c3ccc(N4CCCCC4)c([N+](=O)[O-])c3)cc2)CC1. The summed E-state index contributed by atoms with van der Waals surface area (Å²) in [6.45, 7) is 5.89. The van der Waals surface area contributed by atoms with Crippen molar-refractivity contribution in [3.05, 3.63) is 58.1 Å². The van der Waals surface area contributed by atoms with Crippen LogP contribution in [0.25, 0.3) is 0 Å². The molecule has 0 aromatic heterocycles. The van der Waals surface area contributed by atoms with Crippen LogP contribution in [0.15, 0.2) is 42.5 Å². The van der Waals surface area contributed by atoms with E-state index in [0.717, 1.165) is 64.2 Å². The fraction of sp³-hybridized carbons (Fsp3) is 0.435. The van der Waals surface area contributed by atoms with Gasteiger partial charge in [-0.2, -0.15) is 0 Å². The van der Waals surface area contributed by atoms with Gasteiger partial charge in [-0.15, -0.1) is 0 Å². The minimum atomic E-state index is -0.396. The third kappa shape index (κ3) is 4.96. The molecule has 0 unspecified atom stereocenters. The Morgan fingerprint density at radius 1 is 0.968 bits per heavy atom. The maximum atomic E-state index is 12.7. The second-order valence-electron chi connectivity index (χ2n) is 8.45. The molecule has 31 heavy (non-hydrogen) atoms. The molecule has 4 rings (SSSR count). The Hall–Kier alpha value is -3.13. The van der Waals surface area contributed by atoms with Crippen LogP contribution in [0.5, 0.6) is 0 Å². The Labute approximate surface area is 182 Å². The number of carbonyl (C=O) groups is 1. The van der Waals surface area contributed by atoms with E-state index in [2.05, 4.69) is 17.3 Å². The van der Waals surface area contributed by atoms with Crippen molar-refractivity contribution in [2.45, 2.75) is 19.3 Å². The number of nitro benzene ring substituents is 1. The molecule has 2 fully saturated rings. The predicted molar refractivity (Wildman–Crippen MR) is 122 cm³/mol. The lowest BCUT2D eigenvalue weighted by molar-refractivity contribution is -0.880. The largest absolute Gasteiger partial charge is 0.366 e. The van der Waals surface area contributed by atoms with E-state index < -0.39 is 4.92 Å². The molecule has 2 heterocycles. The monoisotopic (exact) mass is 424 g/mol. The summed E-state index contributed by atoms with van der Waals surface area (Å²) < 4.78 is 0. The molecule has 8 heteroatoms. The Kier molecular flexibility index (Phi) is 6.36. The van der Waals surface area contributed by atoms with Crippen molar-refractivity contribution in [1.82, 2.24) is 0 Å². The number of likely N-dealkylation sites (N-methyl/N-ethyl adjacent to an activating group) is 1. The second kappa shape index (κ2) is 9.34. The highest BCUT2D eigenvalue weighted by atomic mass is 16.6. The van der Waals surface area contributed by atoms with Gasteiger partial charge in [-0.05, 0) is 55.7 Å². The van der Waals surface area contributed by atoms with Gasteiger partial charge in [0.05, 0.1) is 38.2 Å². The molecule has 8 nitrogen and oxygen atoms in total. The minimum Gasteiger partial charge on any atom is -0.366 e. The maximum Gasteiger partial charge on any atom is 0.293 e. The molecule has 2 aromatic rings. The molecule has 2 N–H and O–H groups in total. The van der Waals surface area contributed by atoms with Crippen molar-refractivity contribution in [1.29, 1.82) is 0 Å². The number of rotatable bonds is 5. The van der Waals surface area contributed by atoms with Gasteiger partial charge >= 0.3 is 0 Å². The van der Waals surface area contributed by atoms with E-state index in [0.29, 0.717) is 16.9 Å². The van der Waals surface area contributed by atoms with Gasteiger partial charge in [0.25, 0.3) is 11.6 Å². The number of nitro groups is 1. The molecule has 1 amide bonds. The van der Waals surface area contributed by atoms with Crippen molar-refractivity contribution in [3.63, 3.8) is 0 Å². The van der Waals surface area contributed by atoms with Gasteiger partial charge in [0.2, 0.25) is 0 Å². The molecule has 0 spiro atoms. The average Bonchev–Trinajstić information content (AvgIpc) is 2.80. The zero-order valence-electron chi connectivity index (χ0n) is 18.0. The highest BCUT2D eigenvalue weighted by Crippen LogP contribution is 2.31. The molecule has 164 valence electrons. The number of amides is 1. The first kappa shape index (κ1) is 21.1. The van der Waals surface area contributed by atoms with Gasteiger partial charge in [-0.1, -0.05) is 0 Å². The van der Waals surface area contributed by atoms with Gasteiger partial charge in [-0.25, -0.2) is 0 Å². The Balaban J connectivity index is 1.45. The van der Waals surface area contributed by atoms with Gasteiger partial charge in [-0.3, -0.25) is 14.9 Å². The average molecular weight is 425 g/mol. The number of piperazine rings is 1. The van der Waals surface area contributed by atoms with Crippen LogP contribution in [0.1, 0.15) is 29.6 Å². The van der Waals surface area contributed by atoms with Crippen molar-refractivity contribution < 1.29 is 14.6 Å². The first-order valence-electron chi connectivity index (χ1n) is 11.0. The standard InChI is InChI=1S/C23H29N5O3/c1-25-13-15-26(16-14-25)20-8-6-19(7-9-20)24-23(29)18-5-10-21(22(17-18)28(30)31)27-11-3-2-4-12-27/h5-10,17H,2-4,11-16H2,1H3,(H,24,29)/p+1. The molecule has 2 aliphatic heterocycles. The van der Waals surface area contributed by atoms with Crippen molar-refractivity contribution in [2.75, 3.05) is 61.4 Å². The molecular formula is C23H30N5O3+. The number of nitrogens with one attached hydrogen (secondary N) is 2.